The summed E-state index contributed by atoms with van der Waals surface area (Å²) in [4.78, 5) is 27.3. The highest BCUT2D eigenvalue weighted by atomic mass is 16.5. The fourth-order valence-electron chi connectivity index (χ4n) is 1.85. The van der Waals surface area contributed by atoms with Crippen LogP contribution in [0.3, 0.4) is 0 Å². The van der Waals surface area contributed by atoms with Gasteiger partial charge in [-0.05, 0) is 12.1 Å². The van der Waals surface area contributed by atoms with Gasteiger partial charge in [-0.3, -0.25) is 9.59 Å². The molecule has 2 aromatic rings. The smallest absolute Gasteiger partial charge is 0.252 e. The number of aromatic nitrogens is 2. The summed E-state index contributed by atoms with van der Waals surface area (Å²) in [6.45, 7) is 0.146. The molecule has 1 unspecified atom stereocenters. The molecule has 1 amide bonds. The summed E-state index contributed by atoms with van der Waals surface area (Å²) < 4.78 is 6.29. The molecule has 0 aliphatic rings. The van der Waals surface area contributed by atoms with Crippen molar-refractivity contribution < 1.29 is 14.6 Å². The van der Waals surface area contributed by atoms with E-state index in [1.165, 1.54) is 23.9 Å². The molecular weight excluding hydrogens is 286 g/mol. The molecule has 22 heavy (non-hydrogen) atoms. The average Bonchev–Trinajstić information content (AvgIpc) is 2.55. The number of carbonyl (C=O) groups is 1. The van der Waals surface area contributed by atoms with E-state index in [0.717, 1.165) is 0 Å². The summed E-state index contributed by atoms with van der Waals surface area (Å²) in [5.74, 6) is 0.0645. The number of hydrogen-bond acceptors (Lipinski definition) is 5. The maximum atomic E-state index is 11.9. The molecule has 0 fully saturated rings. The number of ether oxygens (including phenoxy) is 1. The van der Waals surface area contributed by atoms with E-state index in [0.29, 0.717) is 11.4 Å². The first kappa shape index (κ1) is 15.7. The summed E-state index contributed by atoms with van der Waals surface area (Å²) in [5.41, 5.74) is 0.164. The number of carbonyl (C=O) groups excluding carboxylic acids is 1. The van der Waals surface area contributed by atoms with Gasteiger partial charge in [-0.25, -0.2) is 4.98 Å². The zero-order valence-corrected chi connectivity index (χ0v) is 12.1. The number of aliphatic hydroxyl groups is 1. The third-order valence-corrected chi connectivity index (χ3v) is 3.01. The molecule has 0 aliphatic heterocycles. The minimum absolute atomic E-state index is 0.0339. The molecule has 2 heterocycles. The van der Waals surface area contributed by atoms with E-state index in [2.05, 4.69) is 10.3 Å². The summed E-state index contributed by atoms with van der Waals surface area (Å²) in [6, 6.07) is 7.90. The second kappa shape index (κ2) is 7.37. The van der Waals surface area contributed by atoms with Crippen LogP contribution in [0.1, 0.15) is 10.4 Å². The molecule has 2 aromatic heterocycles. The lowest BCUT2D eigenvalue weighted by Gasteiger charge is -2.13. The van der Waals surface area contributed by atoms with E-state index in [1.807, 2.05) is 0 Å². The Kier molecular flexibility index (Phi) is 5.26. The molecule has 0 saturated heterocycles. The first-order valence-electron chi connectivity index (χ1n) is 6.72. The van der Waals surface area contributed by atoms with E-state index < -0.39 is 6.10 Å². The van der Waals surface area contributed by atoms with Crippen molar-refractivity contribution in [1.29, 1.82) is 0 Å². The zero-order chi connectivity index (χ0) is 15.9. The molecule has 116 valence electrons. The molecule has 0 bridgehead atoms. The molecule has 0 radical (unpaired) electrons. The third-order valence-electron chi connectivity index (χ3n) is 3.01. The summed E-state index contributed by atoms with van der Waals surface area (Å²) in [5, 5.41) is 12.5. The van der Waals surface area contributed by atoms with E-state index >= 15 is 0 Å². The Hall–Kier alpha value is -2.67. The van der Waals surface area contributed by atoms with Crippen LogP contribution in [-0.4, -0.2) is 40.3 Å². The number of nitrogens with zero attached hydrogens (tertiary/aromatic N) is 2. The first-order chi connectivity index (χ1) is 10.6. The Labute approximate surface area is 127 Å². The Balaban J connectivity index is 1.87. The van der Waals surface area contributed by atoms with Gasteiger partial charge in [0.05, 0.1) is 25.3 Å². The minimum atomic E-state index is -0.866. The van der Waals surface area contributed by atoms with Gasteiger partial charge in [-0.2, -0.15) is 0 Å². The van der Waals surface area contributed by atoms with Crippen molar-refractivity contribution in [3.63, 3.8) is 0 Å². The molecule has 2 rings (SSSR count). The maximum Gasteiger partial charge on any atom is 0.252 e. The SMILES string of the molecule is COc1ccc(C(=O)NCC(O)Cn2ccccc2=O)cn1. The van der Waals surface area contributed by atoms with Crippen LogP contribution in [0.5, 0.6) is 5.88 Å². The normalized spacial score (nSPS) is 11.7. The summed E-state index contributed by atoms with van der Waals surface area (Å²) >= 11 is 0. The lowest BCUT2D eigenvalue weighted by molar-refractivity contribution is 0.0902. The fraction of sp³-hybridized carbons (Fsp3) is 0.267. The van der Waals surface area contributed by atoms with E-state index in [-0.39, 0.29) is 24.6 Å². The Bertz CT molecular complexity index is 682. The van der Waals surface area contributed by atoms with Crippen molar-refractivity contribution in [3.8, 4) is 5.88 Å². The molecule has 0 aromatic carbocycles. The van der Waals surface area contributed by atoms with Gasteiger partial charge in [-0.1, -0.05) is 6.07 Å². The van der Waals surface area contributed by atoms with Crippen LogP contribution in [0.2, 0.25) is 0 Å². The van der Waals surface area contributed by atoms with Gasteiger partial charge in [0.2, 0.25) is 5.88 Å². The van der Waals surface area contributed by atoms with Crippen LogP contribution in [0.15, 0.2) is 47.5 Å². The zero-order valence-electron chi connectivity index (χ0n) is 12.1. The van der Waals surface area contributed by atoms with Crippen molar-refractivity contribution >= 4 is 5.91 Å². The molecule has 7 nitrogen and oxygen atoms in total. The molecule has 7 heteroatoms. The number of methoxy groups -OCH3 is 1. The predicted octanol–water partition coefficient (Wildman–Crippen LogP) is 0.0428. The standard InChI is InChI=1S/C15H17N3O4/c1-22-13-6-5-11(8-16-13)15(21)17-9-12(19)10-18-7-3-2-4-14(18)20/h2-8,12,19H,9-10H2,1H3,(H,17,21). The summed E-state index contributed by atoms with van der Waals surface area (Å²) in [7, 11) is 1.49. The average molecular weight is 303 g/mol. The molecule has 1 atom stereocenters. The Morgan fingerprint density at radius 2 is 2.23 bits per heavy atom. The number of nitrogens with one attached hydrogen (secondary N) is 1. The van der Waals surface area contributed by atoms with Gasteiger partial charge < -0.3 is 19.7 Å². The van der Waals surface area contributed by atoms with Crippen molar-refractivity contribution in [2.45, 2.75) is 12.6 Å². The third kappa shape index (κ3) is 4.16. The minimum Gasteiger partial charge on any atom is -0.481 e. The van der Waals surface area contributed by atoms with Crippen LogP contribution in [-0.2, 0) is 6.54 Å². The maximum absolute atomic E-state index is 11.9. The predicted molar refractivity (Wildman–Crippen MR) is 79.8 cm³/mol. The Morgan fingerprint density at radius 3 is 2.86 bits per heavy atom. The van der Waals surface area contributed by atoms with Gasteiger partial charge in [0.1, 0.15) is 0 Å². The number of amides is 1. The number of aliphatic hydroxyl groups excluding tert-OH is 1. The van der Waals surface area contributed by atoms with Gasteiger partial charge in [0.15, 0.2) is 0 Å². The van der Waals surface area contributed by atoms with Crippen molar-refractivity contribution in [2.75, 3.05) is 13.7 Å². The molecule has 2 N–H and O–H groups in total. The van der Waals surface area contributed by atoms with Crippen molar-refractivity contribution in [3.05, 3.63) is 58.6 Å². The van der Waals surface area contributed by atoms with E-state index in [1.54, 1.807) is 30.5 Å². The van der Waals surface area contributed by atoms with E-state index in [9.17, 15) is 14.7 Å². The first-order valence-corrected chi connectivity index (χ1v) is 6.72. The molecular formula is C15H17N3O4. The quantitative estimate of drug-likeness (QED) is 0.786. The van der Waals surface area contributed by atoms with E-state index in [4.69, 9.17) is 4.74 Å². The highest BCUT2D eigenvalue weighted by Gasteiger charge is 2.10. The van der Waals surface area contributed by atoms with Crippen molar-refractivity contribution in [2.24, 2.45) is 0 Å². The highest BCUT2D eigenvalue weighted by molar-refractivity contribution is 5.93. The number of hydrogen-bond donors (Lipinski definition) is 2. The van der Waals surface area contributed by atoms with Gasteiger partial charge in [0.25, 0.3) is 11.5 Å². The van der Waals surface area contributed by atoms with Crippen LogP contribution < -0.4 is 15.6 Å². The van der Waals surface area contributed by atoms with Gasteiger partial charge in [0, 0.05) is 31.1 Å². The number of rotatable bonds is 6. The largest absolute Gasteiger partial charge is 0.481 e. The van der Waals surface area contributed by atoms with Gasteiger partial charge in [-0.15, -0.1) is 0 Å². The second-order valence-electron chi connectivity index (χ2n) is 4.64. The van der Waals surface area contributed by atoms with Crippen LogP contribution in [0.25, 0.3) is 0 Å². The monoisotopic (exact) mass is 303 g/mol. The number of pyridine rings is 2. The molecule has 0 aliphatic carbocycles. The molecule has 0 spiro atoms. The second-order valence-corrected chi connectivity index (χ2v) is 4.64. The van der Waals surface area contributed by atoms with Crippen LogP contribution >= 0.6 is 0 Å². The highest BCUT2D eigenvalue weighted by Crippen LogP contribution is 2.06. The Morgan fingerprint density at radius 1 is 1.41 bits per heavy atom. The van der Waals surface area contributed by atoms with Gasteiger partial charge >= 0.3 is 0 Å². The lowest BCUT2D eigenvalue weighted by atomic mass is 10.2. The van der Waals surface area contributed by atoms with Crippen molar-refractivity contribution in [1.82, 2.24) is 14.9 Å². The van der Waals surface area contributed by atoms with Crippen LogP contribution in [0, 0.1) is 0 Å². The topological polar surface area (TPSA) is 93.5 Å². The van der Waals surface area contributed by atoms with Crippen LogP contribution in [0.4, 0.5) is 0 Å². The summed E-state index contributed by atoms with van der Waals surface area (Å²) in [6.07, 6.45) is 2.11. The molecule has 0 saturated carbocycles. The fourth-order valence-corrected chi connectivity index (χ4v) is 1.85. The lowest BCUT2D eigenvalue weighted by Crippen LogP contribution is -2.36.